The first-order chi connectivity index (χ1) is 8.58. The first kappa shape index (κ1) is 12.3. The third kappa shape index (κ3) is 2.56. The predicted octanol–water partition coefficient (Wildman–Crippen LogP) is 3.39. The molecule has 0 amide bonds. The van der Waals surface area contributed by atoms with Gasteiger partial charge in [-0.3, -0.25) is 0 Å². The van der Waals surface area contributed by atoms with Crippen molar-refractivity contribution in [3.63, 3.8) is 0 Å². The molecule has 3 heteroatoms. The minimum absolute atomic E-state index is 0.770. The third-order valence-electron chi connectivity index (χ3n) is 2.96. The van der Waals surface area contributed by atoms with E-state index in [2.05, 4.69) is 34.5 Å². The number of nitrogens with one attached hydrogen (secondary N) is 1. The lowest BCUT2D eigenvalue weighted by molar-refractivity contribution is 1.13. The van der Waals surface area contributed by atoms with Gasteiger partial charge in [0, 0.05) is 25.5 Å². The number of hydrogen-bond donors (Lipinski definition) is 2. The van der Waals surface area contributed by atoms with E-state index < -0.39 is 0 Å². The maximum atomic E-state index is 5.98. The number of benzene rings is 2. The quantitative estimate of drug-likeness (QED) is 0.809. The lowest BCUT2D eigenvalue weighted by Crippen LogP contribution is -2.08. The minimum atomic E-state index is 0.770. The van der Waals surface area contributed by atoms with Crippen molar-refractivity contribution in [1.82, 2.24) is 0 Å². The number of aryl methyl sites for hydroxylation is 1. The molecule has 0 aliphatic carbocycles. The van der Waals surface area contributed by atoms with Crippen LogP contribution in [-0.2, 0) is 0 Å². The molecule has 2 aromatic rings. The van der Waals surface area contributed by atoms with Gasteiger partial charge in [-0.05, 0) is 42.8 Å². The van der Waals surface area contributed by atoms with Gasteiger partial charge in [0.05, 0.1) is 11.4 Å². The van der Waals surface area contributed by atoms with Crippen LogP contribution in [0.5, 0.6) is 0 Å². The van der Waals surface area contributed by atoms with Crippen LogP contribution < -0.4 is 16.0 Å². The molecule has 0 atom stereocenters. The Hall–Kier alpha value is -2.16. The molecule has 2 rings (SSSR count). The number of nitrogens with zero attached hydrogens (tertiary/aromatic N) is 1. The first-order valence-corrected chi connectivity index (χ1v) is 5.97. The Morgan fingerprint density at radius 3 is 2.22 bits per heavy atom. The molecular formula is C15H19N3. The number of para-hydroxylation sites is 1. The molecule has 2 aromatic carbocycles. The molecule has 0 heterocycles. The van der Waals surface area contributed by atoms with Crippen LogP contribution in [0.4, 0.5) is 22.7 Å². The summed E-state index contributed by atoms with van der Waals surface area (Å²) in [5.41, 5.74) is 11.1. The van der Waals surface area contributed by atoms with Gasteiger partial charge in [-0.1, -0.05) is 12.1 Å². The van der Waals surface area contributed by atoms with Gasteiger partial charge in [-0.15, -0.1) is 0 Å². The second-order valence-corrected chi connectivity index (χ2v) is 4.61. The topological polar surface area (TPSA) is 41.3 Å². The van der Waals surface area contributed by atoms with Crippen molar-refractivity contribution in [2.24, 2.45) is 0 Å². The van der Waals surface area contributed by atoms with Crippen LogP contribution in [0.2, 0.25) is 0 Å². The zero-order valence-electron chi connectivity index (χ0n) is 11.1. The Morgan fingerprint density at radius 2 is 1.67 bits per heavy atom. The fraction of sp³-hybridized carbons (Fsp3) is 0.200. The van der Waals surface area contributed by atoms with E-state index in [0.717, 1.165) is 22.6 Å². The third-order valence-corrected chi connectivity index (χ3v) is 2.96. The highest BCUT2D eigenvalue weighted by molar-refractivity contribution is 5.76. The summed E-state index contributed by atoms with van der Waals surface area (Å²) in [5, 5.41) is 3.36. The SMILES string of the molecule is Cc1cccc(N)c1Nc1ccc(N(C)C)cc1. The molecule has 3 N–H and O–H groups in total. The predicted molar refractivity (Wildman–Crippen MR) is 79.6 cm³/mol. The van der Waals surface area contributed by atoms with E-state index in [4.69, 9.17) is 5.73 Å². The first-order valence-electron chi connectivity index (χ1n) is 5.97. The van der Waals surface area contributed by atoms with Crippen LogP contribution in [-0.4, -0.2) is 14.1 Å². The van der Waals surface area contributed by atoms with Crippen LogP contribution in [0, 0.1) is 6.92 Å². The van der Waals surface area contributed by atoms with Crippen LogP contribution in [0.15, 0.2) is 42.5 Å². The summed E-state index contributed by atoms with van der Waals surface area (Å²) in [4.78, 5) is 2.08. The molecule has 0 fully saturated rings. The molecule has 0 aromatic heterocycles. The smallest absolute Gasteiger partial charge is 0.0647 e. The number of nitrogen functional groups attached to an aromatic ring is 1. The van der Waals surface area contributed by atoms with Gasteiger partial charge in [0.2, 0.25) is 0 Å². The molecule has 0 spiro atoms. The largest absolute Gasteiger partial charge is 0.397 e. The minimum Gasteiger partial charge on any atom is -0.397 e. The normalized spacial score (nSPS) is 10.2. The summed E-state index contributed by atoms with van der Waals surface area (Å²) in [6.45, 7) is 2.05. The maximum Gasteiger partial charge on any atom is 0.0647 e. The van der Waals surface area contributed by atoms with Gasteiger partial charge in [0.25, 0.3) is 0 Å². The Bertz CT molecular complexity index is 510. The summed E-state index contributed by atoms with van der Waals surface area (Å²) in [6, 6.07) is 14.2. The number of rotatable bonds is 3. The van der Waals surface area contributed by atoms with Crippen molar-refractivity contribution in [1.29, 1.82) is 0 Å². The zero-order chi connectivity index (χ0) is 13.1. The van der Waals surface area contributed by atoms with E-state index in [1.807, 2.05) is 39.2 Å². The second-order valence-electron chi connectivity index (χ2n) is 4.61. The van der Waals surface area contributed by atoms with Gasteiger partial charge < -0.3 is 16.0 Å². The molecule has 0 bridgehead atoms. The lowest BCUT2D eigenvalue weighted by Gasteiger charge is -2.15. The average Bonchev–Trinajstić information content (AvgIpc) is 2.34. The standard InChI is InChI=1S/C15H19N3/c1-11-5-4-6-14(16)15(11)17-12-7-9-13(10-8-12)18(2)3/h4-10,17H,16H2,1-3H3. The lowest BCUT2D eigenvalue weighted by atomic mass is 10.1. The fourth-order valence-electron chi connectivity index (χ4n) is 1.85. The van der Waals surface area contributed by atoms with Crippen LogP contribution in [0.3, 0.4) is 0 Å². The zero-order valence-corrected chi connectivity index (χ0v) is 11.1. The summed E-state index contributed by atoms with van der Waals surface area (Å²) in [5.74, 6) is 0. The molecule has 94 valence electrons. The Labute approximate surface area is 108 Å². The maximum absolute atomic E-state index is 5.98. The summed E-state index contributed by atoms with van der Waals surface area (Å²) >= 11 is 0. The van der Waals surface area contributed by atoms with Gasteiger partial charge >= 0.3 is 0 Å². The summed E-state index contributed by atoms with van der Waals surface area (Å²) < 4.78 is 0. The van der Waals surface area contributed by atoms with Gasteiger partial charge in [0.15, 0.2) is 0 Å². The van der Waals surface area contributed by atoms with Crippen molar-refractivity contribution in [2.75, 3.05) is 30.0 Å². The molecular weight excluding hydrogens is 222 g/mol. The van der Waals surface area contributed by atoms with E-state index >= 15 is 0 Å². The van der Waals surface area contributed by atoms with Crippen molar-refractivity contribution in [3.8, 4) is 0 Å². The monoisotopic (exact) mass is 241 g/mol. The highest BCUT2D eigenvalue weighted by atomic mass is 15.1. The Kier molecular flexibility index (Phi) is 3.42. The molecule has 0 saturated carbocycles. The van der Waals surface area contributed by atoms with Crippen LogP contribution in [0.25, 0.3) is 0 Å². The molecule has 0 aliphatic rings. The van der Waals surface area contributed by atoms with E-state index in [1.165, 1.54) is 5.69 Å². The Balaban J connectivity index is 2.24. The van der Waals surface area contributed by atoms with E-state index in [1.54, 1.807) is 0 Å². The molecule has 18 heavy (non-hydrogen) atoms. The van der Waals surface area contributed by atoms with Gasteiger partial charge in [-0.2, -0.15) is 0 Å². The number of nitrogens with two attached hydrogens (primary N) is 1. The second kappa shape index (κ2) is 5.00. The van der Waals surface area contributed by atoms with E-state index in [9.17, 15) is 0 Å². The molecule has 3 nitrogen and oxygen atoms in total. The van der Waals surface area contributed by atoms with Crippen molar-refractivity contribution >= 4 is 22.7 Å². The number of hydrogen-bond acceptors (Lipinski definition) is 3. The van der Waals surface area contributed by atoms with Crippen molar-refractivity contribution < 1.29 is 0 Å². The highest BCUT2D eigenvalue weighted by Crippen LogP contribution is 2.27. The van der Waals surface area contributed by atoms with Crippen LogP contribution in [0.1, 0.15) is 5.56 Å². The average molecular weight is 241 g/mol. The number of anilines is 4. The van der Waals surface area contributed by atoms with Gasteiger partial charge in [-0.25, -0.2) is 0 Å². The fourth-order valence-corrected chi connectivity index (χ4v) is 1.85. The summed E-state index contributed by atoms with van der Waals surface area (Å²) in [7, 11) is 4.06. The van der Waals surface area contributed by atoms with Gasteiger partial charge in [0.1, 0.15) is 0 Å². The molecule has 0 unspecified atom stereocenters. The van der Waals surface area contributed by atoms with Crippen molar-refractivity contribution in [2.45, 2.75) is 6.92 Å². The molecule has 0 aliphatic heterocycles. The van der Waals surface area contributed by atoms with E-state index in [0.29, 0.717) is 0 Å². The highest BCUT2D eigenvalue weighted by Gasteiger charge is 2.03. The Morgan fingerprint density at radius 1 is 1.00 bits per heavy atom. The molecule has 0 saturated heterocycles. The molecule has 0 radical (unpaired) electrons. The van der Waals surface area contributed by atoms with Crippen LogP contribution >= 0.6 is 0 Å². The van der Waals surface area contributed by atoms with E-state index in [-0.39, 0.29) is 0 Å². The van der Waals surface area contributed by atoms with Crippen molar-refractivity contribution in [3.05, 3.63) is 48.0 Å². The summed E-state index contributed by atoms with van der Waals surface area (Å²) in [6.07, 6.45) is 0.